The SMILES string of the molecule is O=C(NC1CCCCC1)C(NCC1CC1)c1cccs1. The third-order valence-corrected chi connectivity index (χ3v) is 5.29. The van der Waals surface area contributed by atoms with Gasteiger partial charge in [-0.25, -0.2) is 0 Å². The minimum Gasteiger partial charge on any atom is -0.352 e. The molecule has 20 heavy (non-hydrogen) atoms. The molecule has 0 aromatic carbocycles. The molecule has 1 atom stereocenters. The number of amides is 1. The molecule has 110 valence electrons. The van der Waals surface area contributed by atoms with Gasteiger partial charge in [-0.3, -0.25) is 4.79 Å². The van der Waals surface area contributed by atoms with Gasteiger partial charge in [0.1, 0.15) is 6.04 Å². The third kappa shape index (κ3) is 3.83. The summed E-state index contributed by atoms with van der Waals surface area (Å²) in [7, 11) is 0. The summed E-state index contributed by atoms with van der Waals surface area (Å²) in [6, 6.07) is 4.33. The highest BCUT2D eigenvalue weighted by Gasteiger charge is 2.28. The van der Waals surface area contributed by atoms with Gasteiger partial charge in [0.05, 0.1) is 0 Å². The first-order chi connectivity index (χ1) is 9.83. The highest BCUT2D eigenvalue weighted by Crippen LogP contribution is 2.29. The molecule has 0 radical (unpaired) electrons. The fourth-order valence-electron chi connectivity index (χ4n) is 2.92. The second-order valence-corrected chi connectivity index (χ2v) is 7.12. The largest absolute Gasteiger partial charge is 0.352 e. The minimum absolute atomic E-state index is 0.155. The van der Waals surface area contributed by atoms with E-state index in [-0.39, 0.29) is 11.9 Å². The lowest BCUT2D eigenvalue weighted by Gasteiger charge is -2.25. The summed E-state index contributed by atoms with van der Waals surface area (Å²) in [6.07, 6.45) is 8.74. The average Bonchev–Trinajstić information content (AvgIpc) is 3.13. The molecule has 1 aromatic heterocycles. The molecule has 2 saturated carbocycles. The van der Waals surface area contributed by atoms with Crippen LogP contribution in [0.5, 0.6) is 0 Å². The molecular formula is C16H24N2OS. The van der Waals surface area contributed by atoms with Crippen molar-refractivity contribution in [1.82, 2.24) is 10.6 Å². The maximum Gasteiger partial charge on any atom is 0.242 e. The van der Waals surface area contributed by atoms with Crippen LogP contribution in [-0.2, 0) is 4.79 Å². The summed E-state index contributed by atoms with van der Waals surface area (Å²) in [5.74, 6) is 0.958. The third-order valence-electron chi connectivity index (χ3n) is 4.35. The van der Waals surface area contributed by atoms with Crippen molar-refractivity contribution in [3.05, 3.63) is 22.4 Å². The zero-order valence-electron chi connectivity index (χ0n) is 11.9. The monoisotopic (exact) mass is 292 g/mol. The number of thiophene rings is 1. The molecule has 2 aliphatic carbocycles. The maximum absolute atomic E-state index is 12.6. The zero-order valence-corrected chi connectivity index (χ0v) is 12.8. The quantitative estimate of drug-likeness (QED) is 0.845. The van der Waals surface area contributed by atoms with Gasteiger partial charge in [-0.2, -0.15) is 0 Å². The standard InChI is InChI=1S/C16H24N2OS/c19-16(18-13-5-2-1-3-6-13)15(14-7-4-10-20-14)17-11-12-8-9-12/h4,7,10,12-13,15,17H,1-3,5-6,8-9,11H2,(H,18,19). The first-order valence-electron chi connectivity index (χ1n) is 7.90. The molecule has 1 heterocycles. The molecule has 1 aromatic rings. The summed E-state index contributed by atoms with van der Waals surface area (Å²) >= 11 is 1.67. The Bertz CT molecular complexity index is 422. The zero-order chi connectivity index (χ0) is 13.8. The molecule has 0 saturated heterocycles. The topological polar surface area (TPSA) is 41.1 Å². The smallest absolute Gasteiger partial charge is 0.242 e. The lowest BCUT2D eigenvalue weighted by atomic mass is 9.95. The number of rotatable bonds is 6. The van der Waals surface area contributed by atoms with Crippen LogP contribution in [0.3, 0.4) is 0 Å². The van der Waals surface area contributed by atoms with E-state index in [0.29, 0.717) is 6.04 Å². The summed E-state index contributed by atoms with van der Waals surface area (Å²) in [6.45, 7) is 0.973. The highest BCUT2D eigenvalue weighted by molar-refractivity contribution is 7.10. The van der Waals surface area contributed by atoms with E-state index in [1.807, 2.05) is 6.07 Å². The van der Waals surface area contributed by atoms with E-state index < -0.39 is 0 Å². The summed E-state index contributed by atoms with van der Waals surface area (Å²) in [5, 5.41) is 8.78. The molecule has 1 amide bonds. The molecule has 1 unspecified atom stereocenters. The van der Waals surface area contributed by atoms with Gasteiger partial charge in [-0.15, -0.1) is 11.3 Å². The molecule has 0 aliphatic heterocycles. The van der Waals surface area contributed by atoms with E-state index in [2.05, 4.69) is 22.1 Å². The van der Waals surface area contributed by atoms with Gasteiger partial charge in [0.25, 0.3) is 0 Å². The number of carbonyl (C=O) groups excluding carboxylic acids is 1. The normalized spacial score (nSPS) is 21.6. The summed E-state index contributed by atoms with van der Waals surface area (Å²) < 4.78 is 0. The molecule has 3 rings (SSSR count). The van der Waals surface area contributed by atoms with Crippen LogP contribution in [0, 0.1) is 5.92 Å². The number of nitrogens with one attached hydrogen (secondary N) is 2. The van der Waals surface area contributed by atoms with Gasteiger partial charge < -0.3 is 10.6 Å². The summed E-state index contributed by atoms with van der Waals surface area (Å²) in [5.41, 5.74) is 0. The molecule has 0 spiro atoms. The predicted molar refractivity (Wildman–Crippen MR) is 82.8 cm³/mol. The van der Waals surface area contributed by atoms with Crippen molar-refractivity contribution < 1.29 is 4.79 Å². The van der Waals surface area contributed by atoms with Crippen LogP contribution in [0.1, 0.15) is 55.9 Å². The van der Waals surface area contributed by atoms with Gasteiger partial charge in [0.2, 0.25) is 5.91 Å². The van der Waals surface area contributed by atoms with Gasteiger partial charge in [0, 0.05) is 10.9 Å². The highest BCUT2D eigenvalue weighted by atomic mass is 32.1. The fraction of sp³-hybridized carbons (Fsp3) is 0.688. The first-order valence-corrected chi connectivity index (χ1v) is 8.78. The number of carbonyl (C=O) groups is 1. The van der Waals surface area contributed by atoms with E-state index in [1.165, 1.54) is 32.1 Å². The predicted octanol–water partition coefficient (Wildman–Crippen LogP) is 3.24. The van der Waals surface area contributed by atoms with E-state index in [0.717, 1.165) is 30.2 Å². The van der Waals surface area contributed by atoms with Crippen LogP contribution in [0.15, 0.2) is 17.5 Å². The van der Waals surface area contributed by atoms with Crippen molar-refractivity contribution in [2.75, 3.05) is 6.54 Å². The van der Waals surface area contributed by atoms with Crippen LogP contribution in [0.4, 0.5) is 0 Å². The van der Waals surface area contributed by atoms with Crippen molar-refractivity contribution in [1.29, 1.82) is 0 Å². The minimum atomic E-state index is -0.155. The average molecular weight is 292 g/mol. The lowest BCUT2D eigenvalue weighted by Crippen LogP contribution is -2.43. The maximum atomic E-state index is 12.6. The van der Waals surface area contributed by atoms with E-state index in [9.17, 15) is 4.79 Å². The van der Waals surface area contributed by atoms with Crippen LogP contribution in [0.25, 0.3) is 0 Å². The van der Waals surface area contributed by atoms with Gasteiger partial charge >= 0.3 is 0 Å². The Morgan fingerprint density at radius 2 is 2.05 bits per heavy atom. The Balaban J connectivity index is 1.59. The second kappa shape index (κ2) is 6.72. The first kappa shape index (κ1) is 14.1. The van der Waals surface area contributed by atoms with Gasteiger partial charge in [0.15, 0.2) is 0 Å². The van der Waals surface area contributed by atoms with Crippen molar-refractivity contribution >= 4 is 17.2 Å². The Labute approximate surface area is 125 Å². The summed E-state index contributed by atoms with van der Waals surface area (Å²) in [4.78, 5) is 13.7. The van der Waals surface area contributed by atoms with Crippen LogP contribution in [-0.4, -0.2) is 18.5 Å². The van der Waals surface area contributed by atoms with E-state index >= 15 is 0 Å². The van der Waals surface area contributed by atoms with Crippen molar-refractivity contribution in [2.45, 2.75) is 57.0 Å². The van der Waals surface area contributed by atoms with E-state index in [4.69, 9.17) is 0 Å². The molecule has 0 bridgehead atoms. The Morgan fingerprint density at radius 3 is 2.70 bits per heavy atom. The van der Waals surface area contributed by atoms with Crippen LogP contribution in [0.2, 0.25) is 0 Å². The fourth-order valence-corrected chi connectivity index (χ4v) is 3.71. The Morgan fingerprint density at radius 1 is 1.25 bits per heavy atom. The number of hydrogen-bond acceptors (Lipinski definition) is 3. The molecular weight excluding hydrogens is 268 g/mol. The van der Waals surface area contributed by atoms with Crippen molar-refractivity contribution in [3.63, 3.8) is 0 Å². The molecule has 2 aliphatic rings. The van der Waals surface area contributed by atoms with Gasteiger partial charge in [-0.05, 0) is 49.6 Å². The molecule has 2 N–H and O–H groups in total. The number of hydrogen-bond donors (Lipinski definition) is 2. The van der Waals surface area contributed by atoms with Crippen molar-refractivity contribution in [2.24, 2.45) is 5.92 Å². The van der Waals surface area contributed by atoms with Gasteiger partial charge in [-0.1, -0.05) is 25.3 Å². The van der Waals surface area contributed by atoms with E-state index in [1.54, 1.807) is 11.3 Å². The molecule has 3 nitrogen and oxygen atoms in total. The van der Waals surface area contributed by atoms with Crippen LogP contribution >= 0.6 is 11.3 Å². The Hall–Kier alpha value is -0.870. The second-order valence-electron chi connectivity index (χ2n) is 6.14. The van der Waals surface area contributed by atoms with Crippen LogP contribution < -0.4 is 10.6 Å². The Kier molecular flexibility index (Phi) is 4.73. The lowest BCUT2D eigenvalue weighted by molar-refractivity contribution is -0.124. The molecule has 4 heteroatoms. The van der Waals surface area contributed by atoms with Crippen molar-refractivity contribution in [3.8, 4) is 0 Å². The molecule has 2 fully saturated rings.